The van der Waals surface area contributed by atoms with E-state index in [2.05, 4.69) is 51.5 Å². The SMILES string of the molecule is COC(=O)N1CC(N2CCC(c3cc(NC(=O)c4cnn5cccnc45)n(C4=CC=C(C)C=CC4)n3)CC2)C1. The summed E-state index contributed by atoms with van der Waals surface area (Å²) in [7, 11) is 1.42. The van der Waals surface area contributed by atoms with Crippen molar-refractivity contribution in [3.8, 4) is 0 Å². The molecule has 1 aliphatic carbocycles. The lowest BCUT2D eigenvalue weighted by Crippen LogP contribution is -2.62. The number of amides is 2. The molecule has 0 unspecified atom stereocenters. The van der Waals surface area contributed by atoms with E-state index in [4.69, 9.17) is 9.84 Å². The molecule has 39 heavy (non-hydrogen) atoms. The van der Waals surface area contributed by atoms with Crippen LogP contribution in [0.25, 0.3) is 11.3 Å². The summed E-state index contributed by atoms with van der Waals surface area (Å²) in [4.78, 5) is 33.6. The predicted molar refractivity (Wildman–Crippen MR) is 146 cm³/mol. The first-order valence-electron chi connectivity index (χ1n) is 13.3. The molecule has 2 saturated heterocycles. The van der Waals surface area contributed by atoms with Crippen molar-refractivity contribution in [2.45, 2.75) is 38.1 Å². The van der Waals surface area contributed by atoms with Crippen molar-refractivity contribution < 1.29 is 14.3 Å². The molecule has 11 heteroatoms. The molecule has 3 aromatic rings. The van der Waals surface area contributed by atoms with Gasteiger partial charge in [0.2, 0.25) is 0 Å². The summed E-state index contributed by atoms with van der Waals surface area (Å²) in [5.74, 6) is 0.642. The minimum atomic E-state index is -0.275. The quantitative estimate of drug-likeness (QED) is 0.539. The minimum absolute atomic E-state index is 0.256. The number of anilines is 1. The summed E-state index contributed by atoms with van der Waals surface area (Å²) in [5, 5.41) is 12.4. The second-order valence-electron chi connectivity index (χ2n) is 10.3. The molecule has 5 heterocycles. The number of nitrogens with one attached hydrogen (secondary N) is 1. The fourth-order valence-electron chi connectivity index (χ4n) is 5.48. The molecule has 1 N–H and O–H groups in total. The molecular weight excluding hydrogens is 496 g/mol. The Morgan fingerprint density at radius 1 is 1.15 bits per heavy atom. The van der Waals surface area contributed by atoms with Crippen molar-refractivity contribution in [2.75, 3.05) is 38.6 Å². The monoisotopic (exact) mass is 528 g/mol. The fourth-order valence-corrected chi connectivity index (χ4v) is 5.48. The number of nitrogens with zero attached hydrogens (tertiary/aromatic N) is 7. The third-order valence-electron chi connectivity index (χ3n) is 7.77. The van der Waals surface area contributed by atoms with Gasteiger partial charge in [0.25, 0.3) is 5.91 Å². The van der Waals surface area contributed by atoms with E-state index in [1.807, 2.05) is 10.7 Å². The van der Waals surface area contributed by atoms with Gasteiger partial charge in [0.1, 0.15) is 11.4 Å². The number of methoxy groups -OCH3 is 1. The number of rotatable bonds is 5. The van der Waals surface area contributed by atoms with Crippen LogP contribution in [0.15, 0.2) is 60.6 Å². The van der Waals surface area contributed by atoms with Gasteiger partial charge in [-0.2, -0.15) is 10.2 Å². The summed E-state index contributed by atoms with van der Waals surface area (Å²) in [6, 6.07) is 4.16. The zero-order valence-electron chi connectivity index (χ0n) is 22.2. The number of fused-ring (bicyclic) bond motifs is 1. The normalized spacial score (nSPS) is 18.9. The van der Waals surface area contributed by atoms with Gasteiger partial charge in [-0.3, -0.25) is 9.69 Å². The number of hydrogen-bond donors (Lipinski definition) is 1. The molecule has 3 aliphatic rings. The number of piperidine rings is 1. The molecule has 0 radical (unpaired) electrons. The van der Waals surface area contributed by atoms with Crippen LogP contribution in [0.5, 0.6) is 0 Å². The summed E-state index contributed by atoms with van der Waals surface area (Å²) in [6.45, 7) is 5.39. The molecule has 3 aromatic heterocycles. The summed E-state index contributed by atoms with van der Waals surface area (Å²) < 4.78 is 8.27. The molecule has 0 bridgehead atoms. The first-order chi connectivity index (χ1) is 19.0. The third-order valence-corrected chi connectivity index (χ3v) is 7.77. The molecule has 2 amide bonds. The van der Waals surface area contributed by atoms with Crippen LogP contribution in [0.2, 0.25) is 0 Å². The first-order valence-corrected chi connectivity index (χ1v) is 13.3. The number of aromatic nitrogens is 5. The van der Waals surface area contributed by atoms with E-state index in [-0.39, 0.29) is 17.9 Å². The minimum Gasteiger partial charge on any atom is -0.453 e. The molecule has 2 fully saturated rings. The molecule has 0 aromatic carbocycles. The Balaban J connectivity index is 1.21. The van der Waals surface area contributed by atoms with Crippen LogP contribution in [0.3, 0.4) is 0 Å². The number of ether oxygens (including phenoxy) is 1. The zero-order chi connectivity index (χ0) is 26.9. The van der Waals surface area contributed by atoms with Crippen LogP contribution in [0, 0.1) is 0 Å². The molecule has 11 nitrogen and oxygen atoms in total. The highest BCUT2D eigenvalue weighted by atomic mass is 16.5. The van der Waals surface area contributed by atoms with Crippen LogP contribution >= 0.6 is 0 Å². The van der Waals surface area contributed by atoms with Crippen molar-refractivity contribution in [1.82, 2.24) is 34.2 Å². The number of likely N-dealkylation sites (tertiary alicyclic amines) is 2. The van der Waals surface area contributed by atoms with E-state index in [0.29, 0.717) is 29.5 Å². The van der Waals surface area contributed by atoms with Gasteiger partial charge in [-0.05, 0) is 45.0 Å². The van der Waals surface area contributed by atoms with E-state index < -0.39 is 0 Å². The highest BCUT2D eigenvalue weighted by molar-refractivity contribution is 6.08. The molecule has 202 valence electrons. The highest BCUT2D eigenvalue weighted by Gasteiger charge is 2.37. The third kappa shape index (κ3) is 4.97. The number of hydrogen-bond acceptors (Lipinski definition) is 7. The summed E-state index contributed by atoms with van der Waals surface area (Å²) >= 11 is 0. The Hall–Kier alpha value is -4.25. The van der Waals surface area contributed by atoms with Gasteiger partial charge in [-0.25, -0.2) is 19.0 Å². The van der Waals surface area contributed by atoms with Crippen LogP contribution in [0.4, 0.5) is 10.6 Å². The van der Waals surface area contributed by atoms with E-state index in [1.165, 1.54) is 13.3 Å². The molecule has 6 rings (SSSR count). The molecule has 2 aliphatic heterocycles. The second-order valence-corrected chi connectivity index (χ2v) is 10.3. The van der Waals surface area contributed by atoms with Gasteiger partial charge >= 0.3 is 6.09 Å². The Labute approximate surface area is 226 Å². The van der Waals surface area contributed by atoms with Gasteiger partial charge in [0.05, 0.1) is 19.0 Å². The molecular formula is C28H32N8O3. The van der Waals surface area contributed by atoms with Gasteiger partial charge in [0, 0.05) is 55.6 Å². The largest absolute Gasteiger partial charge is 0.453 e. The smallest absolute Gasteiger partial charge is 0.409 e. The van der Waals surface area contributed by atoms with Crippen molar-refractivity contribution in [2.24, 2.45) is 0 Å². The average Bonchev–Trinajstić information content (AvgIpc) is 3.48. The standard InChI is InChI=1S/C28H32N8O3/c1-19-5-3-6-21(8-7-19)36-25(31-27(37)23-16-30-35-12-4-11-29-26(23)35)15-24(32-36)20-9-13-33(14-10-20)22-17-34(18-22)28(38)39-2/h3-5,7-8,11-12,15-16,20,22H,6,9-10,13-14,17-18H2,1-2H3,(H,31,37). The van der Waals surface area contributed by atoms with E-state index >= 15 is 0 Å². The topological polar surface area (TPSA) is 110 Å². The van der Waals surface area contributed by atoms with Crippen molar-refractivity contribution in [3.63, 3.8) is 0 Å². The van der Waals surface area contributed by atoms with Gasteiger partial charge < -0.3 is 15.0 Å². The number of carbonyl (C=O) groups is 2. The Bertz CT molecular complexity index is 1490. The summed E-state index contributed by atoms with van der Waals surface area (Å²) in [5.41, 5.74) is 4.03. The van der Waals surface area contributed by atoms with Crippen LogP contribution in [0.1, 0.15) is 48.2 Å². The van der Waals surface area contributed by atoms with Gasteiger partial charge in [0.15, 0.2) is 5.65 Å². The average molecular weight is 529 g/mol. The van der Waals surface area contributed by atoms with Crippen LogP contribution in [-0.4, -0.2) is 85.5 Å². The Kier molecular flexibility index (Phi) is 6.74. The second kappa shape index (κ2) is 10.5. The zero-order valence-corrected chi connectivity index (χ0v) is 22.2. The van der Waals surface area contributed by atoms with Gasteiger partial charge in [-0.1, -0.05) is 23.8 Å². The van der Waals surface area contributed by atoms with Crippen molar-refractivity contribution in [3.05, 3.63) is 71.9 Å². The molecule has 0 saturated carbocycles. The molecule has 0 atom stereocenters. The maximum atomic E-state index is 13.3. The maximum Gasteiger partial charge on any atom is 0.409 e. The summed E-state index contributed by atoms with van der Waals surface area (Å²) in [6.07, 6.45) is 15.7. The van der Waals surface area contributed by atoms with Crippen molar-refractivity contribution in [1.29, 1.82) is 0 Å². The Morgan fingerprint density at radius 3 is 2.77 bits per heavy atom. The lowest BCUT2D eigenvalue weighted by molar-refractivity contribution is 0.0186. The lowest BCUT2D eigenvalue weighted by Gasteiger charge is -2.46. The van der Waals surface area contributed by atoms with Crippen LogP contribution in [-0.2, 0) is 4.74 Å². The van der Waals surface area contributed by atoms with E-state index in [9.17, 15) is 9.59 Å². The lowest BCUT2D eigenvalue weighted by atomic mass is 9.92. The number of carbonyl (C=O) groups excluding carboxylic acids is 2. The maximum absolute atomic E-state index is 13.3. The fraction of sp³-hybridized carbons (Fsp3) is 0.393. The number of allylic oxidation sites excluding steroid dienone is 6. The van der Waals surface area contributed by atoms with E-state index in [1.54, 1.807) is 27.9 Å². The Morgan fingerprint density at radius 2 is 1.97 bits per heavy atom. The van der Waals surface area contributed by atoms with Crippen LogP contribution < -0.4 is 5.32 Å². The van der Waals surface area contributed by atoms with Gasteiger partial charge in [-0.15, -0.1) is 0 Å². The van der Waals surface area contributed by atoms with E-state index in [0.717, 1.165) is 56.0 Å². The first kappa shape index (κ1) is 25.1. The van der Waals surface area contributed by atoms with Crippen molar-refractivity contribution >= 4 is 29.2 Å². The predicted octanol–water partition coefficient (Wildman–Crippen LogP) is 3.56. The highest BCUT2D eigenvalue weighted by Crippen LogP contribution is 2.33. The molecule has 0 spiro atoms.